The summed E-state index contributed by atoms with van der Waals surface area (Å²) in [5.41, 5.74) is 6.93. The normalized spacial score (nSPS) is 22.2. The van der Waals surface area contributed by atoms with Crippen molar-refractivity contribution in [1.29, 1.82) is 0 Å². The molecule has 3 heteroatoms. The molecule has 0 fully saturated rings. The molecule has 0 amide bonds. The monoisotopic (exact) mass is 165 g/mol. The highest BCUT2D eigenvalue weighted by molar-refractivity contribution is 5.03. The molecule has 0 saturated heterocycles. The van der Waals surface area contributed by atoms with Crippen molar-refractivity contribution in [2.75, 3.05) is 6.54 Å². The quantitative estimate of drug-likeness (QED) is 0.713. The van der Waals surface area contributed by atoms with Crippen LogP contribution in [0.25, 0.3) is 0 Å². The summed E-state index contributed by atoms with van der Waals surface area (Å²) in [6.45, 7) is 0.780. The van der Waals surface area contributed by atoms with E-state index in [1.807, 2.05) is 12.5 Å². The van der Waals surface area contributed by atoms with Crippen molar-refractivity contribution < 1.29 is 0 Å². The van der Waals surface area contributed by atoms with Crippen LogP contribution in [-0.4, -0.2) is 16.1 Å². The molecule has 0 bridgehead atoms. The molecule has 1 aliphatic heterocycles. The predicted octanol–water partition coefficient (Wildman–Crippen LogP) is 1.11. The Bertz CT molecular complexity index is 254. The largest absolute Gasteiger partial charge is 0.332 e. The minimum absolute atomic E-state index is 0.612. The average Bonchev–Trinajstić information content (AvgIpc) is 2.53. The number of nitrogens with zero attached hydrogens (tertiary/aromatic N) is 2. The number of nitrogens with two attached hydrogens (primary N) is 1. The summed E-state index contributed by atoms with van der Waals surface area (Å²) in [5.74, 6) is 0. The van der Waals surface area contributed by atoms with Gasteiger partial charge in [0.15, 0.2) is 0 Å². The van der Waals surface area contributed by atoms with Crippen LogP contribution in [0.1, 0.15) is 31.0 Å². The number of imidazole rings is 1. The maximum atomic E-state index is 5.55. The Hall–Kier alpha value is -0.830. The van der Waals surface area contributed by atoms with Crippen LogP contribution < -0.4 is 5.73 Å². The van der Waals surface area contributed by atoms with Gasteiger partial charge in [-0.3, -0.25) is 0 Å². The van der Waals surface area contributed by atoms with Gasteiger partial charge in [-0.05, 0) is 32.2 Å². The van der Waals surface area contributed by atoms with Gasteiger partial charge in [0, 0.05) is 17.9 Å². The van der Waals surface area contributed by atoms with Crippen LogP contribution in [0, 0.1) is 0 Å². The molecule has 0 aliphatic carbocycles. The summed E-state index contributed by atoms with van der Waals surface area (Å²) in [5, 5.41) is 0. The van der Waals surface area contributed by atoms with Gasteiger partial charge < -0.3 is 10.3 Å². The number of aryl methyl sites for hydroxylation is 1. The Kier molecular flexibility index (Phi) is 2.13. The molecular formula is C9H15N3. The van der Waals surface area contributed by atoms with Crippen LogP contribution in [0.4, 0.5) is 0 Å². The Labute approximate surface area is 72.6 Å². The van der Waals surface area contributed by atoms with Crippen LogP contribution in [0.15, 0.2) is 12.5 Å². The van der Waals surface area contributed by atoms with E-state index < -0.39 is 0 Å². The molecule has 0 aromatic carbocycles. The zero-order valence-electron chi connectivity index (χ0n) is 7.24. The van der Waals surface area contributed by atoms with Crippen molar-refractivity contribution in [3.8, 4) is 0 Å². The highest BCUT2D eigenvalue weighted by Gasteiger charge is 2.17. The first-order chi connectivity index (χ1) is 5.92. The fourth-order valence-electron chi connectivity index (χ4n) is 1.99. The van der Waals surface area contributed by atoms with Gasteiger partial charge in [-0.15, -0.1) is 0 Å². The van der Waals surface area contributed by atoms with E-state index in [0.717, 1.165) is 13.0 Å². The lowest BCUT2D eigenvalue weighted by atomic mass is 10.0. The molecule has 1 aromatic heterocycles. The third kappa shape index (κ3) is 1.25. The standard InChI is InChI=1S/C9H15N3/c10-5-4-8-2-1-3-9-6-11-7-12(8)9/h6-8H,1-5,10H2. The fourth-order valence-corrected chi connectivity index (χ4v) is 1.99. The summed E-state index contributed by atoms with van der Waals surface area (Å²) < 4.78 is 2.29. The number of hydrogen-bond donors (Lipinski definition) is 1. The summed E-state index contributed by atoms with van der Waals surface area (Å²) in [6, 6.07) is 0.612. The lowest BCUT2D eigenvalue weighted by Gasteiger charge is -2.24. The Morgan fingerprint density at radius 2 is 2.58 bits per heavy atom. The molecule has 1 unspecified atom stereocenters. The van der Waals surface area contributed by atoms with Crippen molar-refractivity contribution in [2.45, 2.75) is 31.7 Å². The molecule has 1 aliphatic rings. The summed E-state index contributed by atoms with van der Waals surface area (Å²) in [4.78, 5) is 4.16. The highest BCUT2D eigenvalue weighted by Crippen LogP contribution is 2.26. The SMILES string of the molecule is NCCC1CCCc2cncn21. The Morgan fingerprint density at radius 3 is 3.42 bits per heavy atom. The van der Waals surface area contributed by atoms with E-state index >= 15 is 0 Å². The molecule has 2 heterocycles. The van der Waals surface area contributed by atoms with Crippen molar-refractivity contribution >= 4 is 0 Å². The first-order valence-electron chi connectivity index (χ1n) is 4.62. The van der Waals surface area contributed by atoms with Crippen molar-refractivity contribution in [1.82, 2.24) is 9.55 Å². The van der Waals surface area contributed by atoms with Crippen LogP contribution >= 0.6 is 0 Å². The molecule has 2 rings (SSSR count). The first kappa shape index (κ1) is 7.80. The van der Waals surface area contributed by atoms with Gasteiger partial charge in [-0.2, -0.15) is 0 Å². The summed E-state index contributed by atoms with van der Waals surface area (Å²) in [7, 11) is 0. The zero-order valence-corrected chi connectivity index (χ0v) is 7.24. The highest BCUT2D eigenvalue weighted by atomic mass is 15.1. The van der Waals surface area contributed by atoms with Crippen molar-refractivity contribution in [3.63, 3.8) is 0 Å². The molecular weight excluding hydrogens is 150 g/mol. The Balaban J connectivity index is 2.19. The van der Waals surface area contributed by atoms with Crippen LogP contribution in [0.3, 0.4) is 0 Å². The number of rotatable bonds is 2. The lowest BCUT2D eigenvalue weighted by Crippen LogP contribution is -2.19. The number of aromatic nitrogens is 2. The van der Waals surface area contributed by atoms with Gasteiger partial charge in [0.1, 0.15) is 0 Å². The third-order valence-corrected chi connectivity index (χ3v) is 2.61. The van der Waals surface area contributed by atoms with Gasteiger partial charge in [0.05, 0.1) is 6.33 Å². The van der Waals surface area contributed by atoms with Gasteiger partial charge in [0.25, 0.3) is 0 Å². The van der Waals surface area contributed by atoms with E-state index in [9.17, 15) is 0 Å². The van der Waals surface area contributed by atoms with E-state index in [1.165, 1.54) is 25.0 Å². The van der Waals surface area contributed by atoms with Crippen LogP contribution in [-0.2, 0) is 6.42 Å². The predicted molar refractivity (Wildman–Crippen MR) is 47.9 cm³/mol. The third-order valence-electron chi connectivity index (χ3n) is 2.61. The van der Waals surface area contributed by atoms with E-state index in [1.54, 1.807) is 0 Å². The first-order valence-corrected chi connectivity index (χ1v) is 4.62. The summed E-state index contributed by atoms with van der Waals surface area (Å²) >= 11 is 0. The maximum Gasteiger partial charge on any atom is 0.0950 e. The maximum absolute atomic E-state index is 5.55. The van der Waals surface area contributed by atoms with Crippen LogP contribution in [0.2, 0.25) is 0 Å². The molecule has 3 nitrogen and oxygen atoms in total. The molecule has 0 spiro atoms. The molecule has 0 radical (unpaired) electrons. The average molecular weight is 165 g/mol. The van der Waals surface area contributed by atoms with Gasteiger partial charge >= 0.3 is 0 Å². The topological polar surface area (TPSA) is 43.8 Å². The van der Waals surface area contributed by atoms with Gasteiger partial charge in [0.2, 0.25) is 0 Å². The molecule has 66 valence electrons. The second-order valence-corrected chi connectivity index (χ2v) is 3.42. The molecule has 1 atom stereocenters. The minimum Gasteiger partial charge on any atom is -0.332 e. The van der Waals surface area contributed by atoms with E-state index in [-0.39, 0.29) is 0 Å². The summed E-state index contributed by atoms with van der Waals surface area (Å²) in [6.07, 6.45) is 8.73. The molecule has 2 N–H and O–H groups in total. The van der Waals surface area contributed by atoms with Crippen LogP contribution in [0.5, 0.6) is 0 Å². The second kappa shape index (κ2) is 3.27. The van der Waals surface area contributed by atoms with Crippen molar-refractivity contribution in [2.24, 2.45) is 5.73 Å². The van der Waals surface area contributed by atoms with Gasteiger partial charge in [-0.25, -0.2) is 4.98 Å². The zero-order chi connectivity index (χ0) is 8.39. The van der Waals surface area contributed by atoms with E-state index in [4.69, 9.17) is 5.73 Å². The second-order valence-electron chi connectivity index (χ2n) is 3.42. The number of hydrogen-bond acceptors (Lipinski definition) is 2. The Morgan fingerprint density at radius 1 is 1.67 bits per heavy atom. The molecule has 0 saturated carbocycles. The van der Waals surface area contributed by atoms with E-state index in [0.29, 0.717) is 6.04 Å². The number of fused-ring (bicyclic) bond motifs is 1. The van der Waals surface area contributed by atoms with Crippen molar-refractivity contribution in [3.05, 3.63) is 18.2 Å². The molecule has 12 heavy (non-hydrogen) atoms. The fraction of sp³-hybridized carbons (Fsp3) is 0.667. The van der Waals surface area contributed by atoms with E-state index in [2.05, 4.69) is 9.55 Å². The van der Waals surface area contributed by atoms with Gasteiger partial charge in [-0.1, -0.05) is 0 Å². The molecule has 1 aromatic rings. The lowest BCUT2D eigenvalue weighted by molar-refractivity contribution is 0.383. The minimum atomic E-state index is 0.612. The smallest absolute Gasteiger partial charge is 0.0950 e.